The molecule has 158 valence electrons. The lowest BCUT2D eigenvalue weighted by molar-refractivity contribution is -0.123. The van der Waals surface area contributed by atoms with Crippen molar-refractivity contribution in [2.24, 2.45) is 0 Å². The van der Waals surface area contributed by atoms with Gasteiger partial charge >= 0.3 is 0 Å². The van der Waals surface area contributed by atoms with E-state index in [1.807, 2.05) is 30.3 Å². The maximum Gasteiger partial charge on any atom is 0.245 e. The van der Waals surface area contributed by atoms with Crippen LogP contribution >= 0.6 is 11.6 Å². The molecule has 2 atom stereocenters. The number of hydrogen-bond acceptors (Lipinski definition) is 5. The smallest absolute Gasteiger partial charge is 0.245 e. The Hall–Kier alpha value is -2.13. The van der Waals surface area contributed by atoms with E-state index >= 15 is 0 Å². The molecule has 0 radical (unpaired) electrons. The molecule has 0 heterocycles. The fraction of sp³-hybridized carbons (Fsp3) is 0.350. The molecule has 0 saturated carbocycles. The van der Waals surface area contributed by atoms with Crippen molar-refractivity contribution in [1.82, 2.24) is 10.0 Å². The number of halogens is 1. The van der Waals surface area contributed by atoms with Crippen molar-refractivity contribution in [2.75, 3.05) is 20.8 Å². The number of sulfonamides is 1. The van der Waals surface area contributed by atoms with E-state index in [1.54, 1.807) is 6.92 Å². The first-order valence-electron chi connectivity index (χ1n) is 8.96. The molecule has 2 N–H and O–H groups in total. The normalized spacial score (nSPS) is 13.5. The number of nitrogens with one attached hydrogen (secondary N) is 2. The average molecular weight is 441 g/mol. The maximum atomic E-state index is 13.0. The molecule has 1 amide bonds. The Labute approximate surface area is 176 Å². The van der Waals surface area contributed by atoms with Gasteiger partial charge in [-0.25, -0.2) is 8.42 Å². The van der Waals surface area contributed by atoms with Gasteiger partial charge in [-0.15, -0.1) is 0 Å². The third-order valence-electron chi connectivity index (χ3n) is 4.12. The Morgan fingerprint density at radius 2 is 1.83 bits per heavy atom. The summed E-state index contributed by atoms with van der Waals surface area (Å²) in [6, 6.07) is 12.1. The molecule has 0 spiro atoms. The Balaban J connectivity index is 2.32. The molecule has 29 heavy (non-hydrogen) atoms. The van der Waals surface area contributed by atoms with E-state index in [4.69, 9.17) is 21.1 Å². The van der Waals surface area contributed by atoms with Crippen molar-refractivity contribution in [3.8, 4) is 5.75 Å². The lowest BCUT2D eigenvalue weighted by Crippen LogP contribution is -2.50. The predicted molar refractivity (Wildman–Crippen MR) is 112 cm³/mol. The van der Waals surface area contributed by atoms with Crippen molar-refractivity contribution < 1.29 is 22.7 Å². The van der Waals surface area contributed by atoms with Gasteiger partial charge in [-0.3, -0.25) is 4.79 Å². The SMILES string of the molecule is COC[C@H](C)NC(=O)[C@@H](Cc1ccccc1)NS(=O)(=O)c1cc(Cl)ccc1OC. The van der Waals surface area contributed by atoms with E-state index < -0.39 is 22.0 Å². The number of hydrogen-bond donors (Lipinski definition) is 2. The highest BCUT2D eigenvalue weighted by Crippen LogP contribution is 2.27. The second kappa shape index (κ2) is 10.6. The molecule has 2 aromatic carbocycles. The van der Waals surface area contributed by atoms with Crippen LogP contribution in [0.1, 0.15) is 12.5 Å². The summed E-state index contributed by atoms with van der Waals surface area (Å²) in [4.78, 5) is 12.7. The van der Waals surface area contributed by atoms with Gasteiger partial charge in [0, 0.05) is 18.2 Å². The zero-order valence-electron chi connectivity index (χ0n) is 16.5. The average Bonchev–Trinajstić information content (AvgIpc) is 2.68. The Morgan fingerprint density at radius 1 is 1.14 bits per heavy atom. The molecule has 0 aliphatic rings. The van der Waals surface area contributed by atoms with Crippen LogP contribution in [0.15, 0.2) is 53.4 Å². The second-order valence-electron chi connectivity index (χ2n) is 6.52. The number of carbonyl (C=O) groups excluding carboxylic acids is 1. The molecule has 2 aromatic rings. The van der Waals surface area contributed by atoms with Gasteiger partial charge in [-0.2, -0.15) is 4.72 Å². The fourth-order valence-corrected chi connectivity index (χ4v) is 4.41. The molecule has 0 fully saturated rings. The van der Waals surface area contributed by atoms with Gasteiger partial charge < -0.3 is 14.8 Å². The van der Waals surface area contributed by atoms with Crippen molar-refractivity contribution >= 4 is 27.5 Å². The third-order valence-corrected chi connectivity index (χ3v) is 5.85. The zero-order chi connectivity index (χ0) is 21.4. The van der Waals surface area contributed by atoms with E-state index in [0.29, 0.717) is 6.61 Å². The molecule has 0 unspecified atom stereocenters. The predicted octanol–water partition coefficient (Wildman–Crippen LogP) is 2.39. The summed E-state index contributed by atoms with van der Waals surface area (Å²) in [6.45, 7) is 2.08. The molecule has 0 aliphatic carbocycles. The topological polar surface area (TPSA) is 93.7 Å². The van der Waals surface area contributed by atoms with E-state index in [-0.39, 0.29) is 28.1 Å². The summed E-state index contributed by atoms with van der Waals surface area (Å²) in [6.07, 6.45) is 0.175. The van der Waals surface area contributed by atoms with Gasteiger partial charge in [0.1, 0.15) is 16.7 Å². The first-order chi connectivity index (χ1) is 13.8. The van der Waals surface area contributed by atoms with Crippen LogP contribution in [0.3, 0.4) is 0 Å². The minimum Gasteiger partial charge on any atom is -0.495 e. The van der Waals surface area contributed by atoms with Gasteiger partial charge in [0.25, 0.3) is 0 Å². The summed E-state index contributed by atoms with van der Waals surface area (Å²) in [5, 5.41) is 3.01. The number of amides is 1. The number of methoxy groups -OCH3 is 2. The number of carbonyl (C=O) groups is 1. The minimum atomic E-state index is -4.09. The molecule has 0 aromatic heterocycles. The molecule has 0 aliphatic heterocycles. The maximum absolute atomic E-state index is 13.0. The Kier molecular flexibility index (Phi) is 8.45. The van der Waals surface area contributed by atoms with Crippen LogP contribution in [0, 0.1) is 0 Å². The van der Waals surface area contributed by atoms with Crippen LogP contribution in [0.2, 0.25) is 5.02 Å². The van der Waals surface area contributed by atoms with Crippen molar-refractivity contribution in [2.45, 2.75) is 30.3 Å². The van der Waals surface area contributed by atoms with Gasteiger partial charge in [0.15, 0.2) is 0 Å². The molecule has 2 rings (SSSR count). The molecule has 7 nitrogen and oxygen atoms in total. The standard InChI is InChI=1S/C20H25ClN2O5S/c1-14(13-27-2)22-20(24)17(11-15-7-5-4-6-8-15)23-29(25,26)19-12-16(21)9-10-18(19)28-3/h4-10,12,14,17,23H,11,13H2,1-3H3,(H,22,24)/t14-,17+/m0/s1. The highest BCUT2D eigenvalue weighted by molar-refractivity contribution is 7.89. The van der Waals surface area contributed by atoms with Crippen molar-refractivity contribution in [3.05, 3.63) is 59.1 Å². The van der Waals surface area contributed by atoms with Crippen LogP contribution in [0.5, 0.6) is 5.75 Å². The molecule has 9 heteroatoms. The Morgan fingerprint density at radius 3 is 2.45 bits per heavy atom. The van der Waals surface area contributed by atoms with Crippen LogP contribution in [-0.4, -0.2) is 47.2 Å². The van der Waals surface area contributed by atoms with E-state index in [0.717, 1.165) is 5.56 Å². The van der Waals surface area contributed by atoms with Crippen LogP contribution in [0.4, 0.5) is 0 Å². The van der Waals surface area contributed by atoms with E-state index in [1.165, 1.54) is 32.4 Å². The van der Waals surface area contributed by atoms with E-state index in [9.17, 15) is 13.2 Å². The minimum absolute atomic E-state index is 0.133. The summed E-state index contributed by atoms with van der Waals surface area (Å²) in [7, 11) is -1.20. The summed E-state index contributed by atoms with van der Waals surface area (Å²) in [5.74, 6) is -0.323. The number of benzene rings is 2. The molecular weight excluding hydrogens is 416 g/mol. The monoisotopic (exact) mass is 440 g/mol. The molecule has 0 saturated heterocycles. The summed E-state index contributed by atoms with van der Waals surface area (Å²) >= 11 is 5.97. The quantitative estimate of drug-likeness (QED) is 0.591. The first kappa shape index (κ1) is 23.2. The molecular formula is C20H25ClN2O5S. The van der Waals surface area contributed by atoms with Crippen LogP contribution in [-0.2, 0) is 26.0 Å². The summed E-state index contributed by atoms with van der Waals surface area (Å²) in [5.41, 5.74) is 0.813. The van der Waals surface area contributed by atoms with Gasteiger partial charge in [0.05, 0.1) is 13.7 Å². The van der Waals surface area contributed by atoms with Crippen molar-refractivity contribution in [3.63, 3.8) is 0 Å². The largest absolute Gasteiger partial charge is 0.495 e. The number of rotatable bonds is 10. The first-order valence-corrected chi connectivity index (χ1v) is 10.8. The zero-order valence-corrected chi connectivity index (χ0v) is 18.1. The highest BCUT2D eigenvalue weighted by atomic mass is 35.5. The number of ether oxygens (including phenoxy) is 2. The van der Waals surface area contributed by atoms with Crippen LogP contribution in [0.25, 0.3) is 0 Å². The second-order valence-corrected chi connectivity index (χ2v) is 8.64. The van der Waals surface area contributed by atoms with Gasteiger partial charge in [0.2, 0.25) is 15.9 Å². The van der Waals surface area contributed by atoms with Gasteiger partial charge in [-0.05, 0) is 37.1 Å². The third kappa shape index (κ3) is 6.71. The molecule has 0 bridgehead atoms. The van der Waals surface area contributed by atoms with Gasteiger partial charge in [-0.1, -0.05) is 41.9 Å². The fourth-order valence-electron chi connectivity index (χ4n) is 2.78. The lowest BCUT2D eigenvalue weighted by atomic mass is 10.1. The Bertz CT molecular complexity index is 922. The van der Waals surface area contributed by atoms with E-state index in [2.05, 4.69) is 10.0 Å². The summed E-state index contributed by atoms with van der Waals surface area (Å²) < 4.78 is 38.7. The lowest BCUT2D eigenvalue weighted by Gasteiger charge is -2.22. The van der Waals surface area contributed by atoms with Crippen LogP contribution < -0.4 is 14.8 Å². The highest BCUT2D eigenvalue weighted by Gasteiger charge is 2.29. The van der Waals surface area contributed by atoms with Crippen molar-refractivity contribution in [1.29, 1.82) is 0 Å².